The predicted octanol–water partition coefficient (Wildman–Crippen LogP) is 7.77. The van der Waals surface area contributed by atoms with Crippen LogP contribution < -0.4 is 0 Å². The van der Waals surface area contributed by atoms with E-state index in [2.05, 4.69) is 88.4 Å². The monoisotopic (exact) mass is 406 g/mol. The molecule has 0 amide bonds. The van der Waals surface area contributed by atoms with Crippen molar-refractivity contribution in [1.82, 2.24) is 0 Å². The highest BCUT2D eigenvalue weighted by Crippen LogP contribution is 2.33. The highest BCUT2D eigenvalue weighted by molar-refractivity contribution is 6.59. The molecule has 0 unspecified atom stereocenters. The van der Waals surface area contributed by atoms with Gasteiger partial charge in [-0.3, -0.25) is 0 Å². The van der Waals surface area contributed by atoms with Crippen molar-refractivity contribution in [2.75, 3.05) is 0 Å². The number of hydrogen-bond acceptors (Lipinski definition) is 0. The molecule has 0 aromatic heterocycles. The van der Waals surface area contributed by atoms with Crippen molar-refractivity contribution in [1.29, 1.82) is 0 Å². The van der Waals surface area contributed by atoms with Gasteiger partial charge in [0.25, 0.3) is 28.3 Å². The van der Waals surface area contributed by atoms with Crippen LogP contribution in [0.4, 0.5) is 0 Å². The van der Waals surface area contributed by atoms with Crippen molar-refractivity contribution < 1.29 is 0 Å². The van der Waals surface area contributed by atoms with Gasteiger partial charge < -0.3 is 0 Å². The molecule has 0 aliphatic heterocycles. The van der Waals surface area contributed by atoms with Crippen molar-refractivity contribution in [3.8, 4) is 0 Å². The van der Waals surface area contributed by atoms with Crippen LogP contribution in [0.15, 0.2) is 60.7 Å². The third-order valence-corrected chi connectivity index (χ3v) is 14.1. The van der Waals surface area contributed by atoms with Crippen LogP contribution in [0, 0.1) is 11.8 Å². The van der Waals surface area contributed by atoms with Gasteiger partial charge in [0.05, 0.1) is 0 Å². The van der Waals surface area contributed by atoms with Crippen LogP contribution in [-0.4, -0.2) is 28.3 Å². The van der Waals surface area contributed by atoms with Crippen LogP contribution in [0.3, 0.4) is 0 Å². The molecule has 150 valence electrons. The average molecular weight is 407 g/mol. The zero-order valence-electron chi connectivity index (χ0n) is 18.7. The Morgan fingerprint density at radius 2 is 0.857 bits per heavy atom. The summed E-state index contributed by atoms with van der Waals surface area (Å²) in [6.07, 6.45) is 2.58. The second-order valence-corrected chi connectivity index (χ2v) is 16.4. The van der Waals surface area contributed by atoms with Crippen LogP contribution in [-0.2, 0) is 12.8 Å². The first-order chi connectivity index (χ1) is 13.7. The molecule has 2 aromatic carbocycles. The normalized spacial score (nSPS) is 13.1. The van der Waals surface area contributed by atoms with Gasteiger partial charge in [0, 0.05) is 0 Å². The summed E-state index contributed by atoms with van der Waals surface area (Å²) in [7, 11) is 0. The Morgan fingerprint density at radius 1 is 0.536 bits per heavy atom. The Balaban J connectivity index is 2.27. The van der Waals surface area contributed by atoms with Crippen molar-refractivity contribution in [3.05, 3.63) is 71.8 Å². The van der Waals surface area contributed by atoms with Crippen LogP contribution in [0.25, 0.3) is 0 Å². The lowest BCUT2D eigenvalue weighted by molar-refractivity contribution is 0.377. The van der Waals surface area contributed by atoms with Crippen LogP contribution in [0.1, 0.15) is 38.8 Å². The summed E-state index contributed by atoms with van der Waals surface area (Å²) in [5.41, 5.74) is 3.11. The van der Waals surface area contributed by atoms with Crippen molar-refractivity contribution in [2.45, 2.75) is 72.2 Å². The Bertz CT molecular complexity index is 560. The standard InChI is InChI=1S/C18H20.4C2H5.2Al/c1-15(13-17-9-5-3-6-10-17)16(2)14-18-11-7-4-8-12-18;4*1-2;;/h3-12,15-16H,1-2,13-14H2;4*1H2,2H3;;/t15-,16-;;;;;;/m0....../s1. The van der Waals surface area contributed by atoms with E-state index < -0.39 is 28.3 Å². The molecule has 28 heavy (non-hydrogen) atoms. The highest BCUT2D eigenvalue weighted by atomic mass is 27.2. The lowest BCUT2D eigenvalue weighted by Crippen LogP contribution is -2.29. The second-order valence-electron chi connectivity index (χ2n) is 8.74. The van der Waals surface area contributed by atoms with E-state index in [1.807, 2.05) is 0 Å². The molecule has 0 aliphatic rings. The Kier molecular flexibility index (Phi) is 11.6. The largest absolute Gasteiger partial charge is 0.261 e. The van der Waals surface area contributed by atoms with Gasteiger partial charge in [-0.25, -0.2) is 0 Å². The smallest absolute Gasteiger partial charge is 0.0967 e. The minimum Gasteiger partial charge on any atom is -0.0967 e. The molecule has 0 bridgehead atoms. The highest BCUT2D eigenvalue weighted by Gasteiger charge is 2.29. The van der Waals surface area contributed by atoms with E-state index in [1.165, 1.54) is 44.5 Å². The predicted molar refractivity (Wildman–Crippen MR) is 130 cm³/mol. The fraction of sp³-hybridized carbons (Fsp3) is 0.538. The van der Waals surface area contributed by atoms with Crippen molar-refractivity contribution in [2.24, 2.45) is 11.8 Å². The molecular formula is C26H40Al2. The number of rotatable bonds is 13. The first-order valence-corrected chi connectivity index (χ1v) is 16.7. The minimum atomic E-state index is -0.603. The van der Waals surface area contributed by atoms with Gasteiger partial charge in [-0.2, -0.15) is 0 Å². The molecule has 0 N–H and O–H groups in total. The summed E-state index contributed by atoms with van der Waals surface area (Å²) < 4.78 is 0. The molecule has 2 heteroatoms. The van der Waals surface area contributed by atoms with E-state index in [-0.39, 0.29) is 0 Å². The maximum atomic E-state index is 2.45. The lowest BCUT2D eigenvalue weighted by Gasteiger charge is -2.31. The van der Waals surface area contributed by atoms with Crippen LogP contribution in [0.2, 0.25) is 31.7 Å². The molecule has 2 aromatic rings. The molecule has 0 nitrogen and oxygen atoms in total. The zero-order valence-corrected chi connectivity index (χ0v) is 21.0. The van der Waals surface area contributed by atoms with Gasteiger partial charge in [-0.1, -0.05) is 120 Å². The van der Waals surface area contributed by atoms with Gasteiger partial charge >= 0.3 is 0 Å². The molecule has 0 saturated heterocycles. The maximum absolute atomic E-state index is 2.45. The van der Waals surface area contributed by atoms with Crippen LogP contribution in [0.5, 0.6) is 0 Å². The van der Waals surface area contributed by atoms with E-state index in [0.717, 1.165) is 11.8 Å². The molecule has 0 spiro atoms. The average Bonchev–Trinajstić information content (AvgIpc) is 2.75. The Labute approximate surface area is 183 Å². The fourth-order valence-electron chi connectivity index (χ4n) is 4.82. The Hall–Kier alpha value is -0.495. The summed E-state index contributed by atoms with van der Waals surface area (Å²) in [5, 5.41) is 8.91. The van der Waals surface area contributed by atoms with Gasteiger partial charge in [0.15, 0.2) is 0 Å². The van der Waals surface area contributed by atoms with Crippen molar-refractivity contribution in [3.63, 3.8) is 0 Å². The fourth-order valence-corrected chi connectivity index (χ4v) is 10.1. The Morgan fingerprint density at radius 3 is 1.14 bits per heavy atom. The SMILES string of the molecule is C[CH2][Al]([CH2]C)[CH2][C@@H](Cc1ccccc1)[C@H](Cc1ccccc1)[CH2][Al]([CH2]C)[CH2]C. The summed E-state index contributed by atoms with van der Waals surface area (Å²) in [6.45, 7) is 9.78. The molecule has 0 saturated carbocycles. The maximum Gasteiger partial charge on any atom is 0.261 e. The van der Waals surface area contributed by atoms with Gasteiger partial charge in [-0.15, -0.1) is 0 Å². The molecule has 0 fully saturated rings. The van der Waals surface area contributed by atoms with Gasteiger partial charge in [0.1, 0.15) is 0 Å². The topological polar surface area (TPSA) is 0 Å². The number of hydrogen-bond donors (Lipinski definition) is 0. The van der Waals surface area contributed by atoms with Crippen molar-refractivity contribution >= 4 is 28.3 Å². The molecule has 0 heterocycles. The van der Waals surface area contributed by atoms with Gasteiger partial charge in [0.2, 0.25) is 0 Å². The second kappa shape index (κ2) is 13.7. The van der Waals surface area contributed by atoms with E-state index in [4.69, 9.17) is 0 Å². The number of benzene rings is 2. The minimum absolute atomic E-state index is 0.603. The van der Waals surface area contributed by atoms with Crippen LogP contribution >= 0.6 is 0 Å². The zero-order chi connectivity index (χ0) is 20.2. The third-order valence-electron chi connectivity index (χ3n) is 6.93. The summed E-state index contributed by atoms with van der Waals surface area (Å²) in [5.74, 6) is 1.74. The van der Waals surface area contributed by atoms with E-state index in [9.17, 15) is 0 Å². The summed E-state index contributed by atoms with van der Waals surface area (Å²) >= 11 is -1.21. The van der Waals surface area contributed by atoms with E-state index in [1.54, 1.807) is 11.1 Å². The molecular weight excluding hydrogens is 366 g/mol. The first-order valence-electron chi connectivity index (χ1n) is 11.8. The van der Waals surface area contributed by atoms with E-state index in [0.29, 0.717) is 0 Å². The first kappa shape index (κ1) is 23.8. The van der Waals surface area contributed by atoms with Gasteiger partial charge in [-0.05, 0) is 35.8 Å². The molecule has 2 atom stereocenters. The molecule has 2 rings (SSSR count). The quantitative estimate of drug-likeness (QED) is 0.298. The van der Waals surface area contributed by atoms with E-state index >= 15 is 0 Å². The lowest BCUT2D eigenvalue weighted by atomic mass is 9.85. The summed E-state index contributed by atoms with van der Waals surface area (Å²) in [4.78, 5) is 0. The third kappa shape index (κ3) is 8.09. The molecule has 0 aliphatic carbocycles. The molecule has 0 radical (unpaired) electrons. The summed E-state index contributed by atoms with van der Waals surface area (Å²) in [6, 6.07) is 22.6.